The van der Waals surface area contributed by atoms with Crippen LogP contribution in [-0.4, -0.2) is 48.4 Å². The van der Waals surface area contributed by atoms with Gasteiger partial charge >= 0.3 is 11.9 Å². The molecule has 1 aliphatic rings. The molecule has 1 heterocycles. The zero-order valence-corrected chi connectivity index (χ0v) is 18.4. The molecule has 2 amide bonds. The summed E-state index contributed by atoms with van der Waals surface area (Å²) in [5, 5.41) is 13.3. The number of amides is 2. The Bertz CT molecular complexity index is 1080. The van der Waals surface area contributed by atoms with E-state index >= 15 is 0 Å². The molecule has 11 heteroatoms. The summed E-state index contributed by atoms with van der Waals surface area (Å²) in [4.78, 5) is 60.1. The lowest BCUT2D eigenvalue weighted by Crippen LogP contribution is -2.28. The molecular weight excluding hydrogens is 446 g/mol. The SMILES string of the molecule is CCCOC(=O)c1ccc(NC(=O)COC(=O)[C@@H]2CC(=O)N(c3ccc([N+](=O)[O-])cc3)C2)cc1. The predicted octanol–water partition coefficient (Wildman–Crippen LogP) is 2.70. The Labute approximate surface area is 194 Å². The number of carbonyl (C=O) groups excluding carboxylic acids is 4. The zero-order chi connectivity index (χ0) is 24.7. The number of nitro groups is 1. The molecule has 178 valence electrons. The van der Waals surface area contributed by atoms with E-state index in [1.165, 1.54) is 53.4 Å². The van der Waals surface area contributed by atoms with E-state index in [9.17, 15) is 29.3 Å². The molecule has 1 aliphatic heterocycles. The summed E-state index contributed by atoms with van der Waals surface area (Å²) in [5.74, 6) is -2.81. The first-order valence-electron chi connectivity index (χ1n) is 10.6. The maximum absolute atomic E-state index is 12.4. The molecule has 3 rings (SSSR count). The Balaban J connectivity index is 1.48. The summed E-state index contributed by atoms with van der Waals surface area (Å²) in [7, 11) is 0. The number of anilines is 2. The highest BCUT2D eigenvalue weighted by atomic mass is 16.6. The van der Waals surface area contributed by atoms with Gasteiger partial charge in [0.05, 0.1) is 23.0 Å². The van der Waals surface area contributed by atoms with Crippen molar-refractivity contribution in [1.29, 1.82) is 0 Å². The molecule has 0 bridgehead atoms. The quantitative estimate of drug-likeness (QED) is 0.335. The number of hydrogen-bond donors (Lipinski definition) is 1. The number of nitrogens with zero attached hydrogens (tertiary/aromatic N) is 2. The number of non-ortho nitro benzene ring substituents is 1. The van der Waals surface area contributed by atoms with Crippen LogP contribution in [-0.2, 0) is 23.9 Å². The number of rotatable bonds is 9. The topological polar surface area (TPSA) is 145 Å². The average Bonchev–Trinajstić information content (AvgIpc) is 3.23. The number of benzene rings is 2. The van der Waals surface area contributed by atoms with E-state index in [0.717, 1.165) is 0 Å². The van der Waals surface area contributed by atoms with Gasteiger partial charge in [0.1, 0.15) is 0 Å². The normalized spacial score (nSPS) is 15.0. The van der Waals surface area contributed by atoms with Gasteiger partial charge in [-0.05, 0) is 42.8 Å². The van der Waals surface area contributed by atoms with Crippen molar-refractivity contribution in [3.63, 3.8) is 0 Å². The Hall–Kier alpha value is -4.28. The van der Waals surface area contributed by atoms with E-state index < -0.39 is 35.3 Å². The van der Waals surface area contributed by atoms with Gasteiger partial charge in [0.15, 0.2) is 6.61 Å². The van der Waals surface area contributed by atoms with Gasteiger partial charge in [-0.2, -0.15) is 0 Å². The smallest absolute Gasteiger partial charge is 0.338 e. The van der Waals surface area contributed by atoms with Crippen molar-refractivity contribution in [2.24, 2.45) is 5.92 Å². The fourth-order valence-electron chi connectivity index (χ4n) is 3.29. The number of hydrogen-bond acceptors (Lipinski definition) is 8. The van der Waals surface area contributed by atoms with Crippen LogP contribution >= 0.6 is 0 Å². The van der Waals surface area contributed by atoms with E-state index in [4.69, 9.17) is 9.47 Å². The number of nitrogens with one attached hydrogen (secondary N) is 1. The molecule has 0 spiro atoms. The van der Waals surface area contributed by atoms with Crippen LogP contribution in [0, 0.1) is 16.0 Å². The summed E-state index contributed by atoms with van der Waals surface area (Å²) in [6.07, 6.45) is 0.621. The zero-order valence-electron chi connectivity index (χ0n) is 18.4. The molecule has 34 heavy (non-hydrogen) atoms. The monoisotopic (exact) mass is 469 g/mol. The van der Waals surface area contributed by atoms with Crippen molar-refractivity contribution < 1.29 is 33.6 Å². The van der Waals surface area contributed by atoms with Gasteiger partial charge in [-0.1, -0.05) is 6.92 Å². The number of esters is 2. The summed E-state index contributed by atoms with van der Waals surface area (Å²) in [6.45, 7) is 1.72. The third kappa shape index (κ3) is 6.15. The third-order valence-corrected chi connectivity index (χ3v) is 5.02. The second kappa shape index (κ2) is 11.0. The summed E-state index contributed by atoms with van der Waals surface area (Å²) in [6, 6.07) is 11.5. The first kappa shape index (κ1) is 24.4. The Morgan fingerprint density at radius 3 is 2.38 bits per heavy atom. The highest BCUT2D eigenvalue weighted by Gasteiger charge is 2.36. The molecule has 1 saturated heterocycles. The van der Waals surface area contributed by atoms with Crippen LogP contribution in [0.25, 0.3) is 0 Å². The lowest BCUT2D eigenvalue weighted by molar-refractivity contribution is -0.384. The Morgan fingerprint density at radius 2 is 1.76 bits per heavy atom. The van der Waals surface area contributed by atoms with Crippen molar-refractivity contribution in [1.82, 2.24) is 0 Å². The van der Waals surface area contributed by atoms with Crippen LogP contribution in [0.4, 0.5) is 17.1 Å². The molecule has 1 fully saturated rings. The van der Waals surface area contributed by atoms with Gasteiger partial charge in [0.2, 0.25) is 5.91 Å². The lowest BCUT2D eigenvalue weighted by Gasteiger charge is -2.16. The van der Waals surface area contributed by atoms with Crippen LogP contribution in [0.3, 0.4) is 0 Å². The van der Waals surface area contributed by atoms with Crippen LogP contribution in [0.1, 0.15) is 30.1 Å². The van der Waals surface area contributed by atoms with Crippen molar-refractivity contribution in [3.8, 4) is 0 Å². The van der Waals surface area contributed by atoms with Gasteiger partial charge in [-0.25, -0.2) is 4.79 Å². The first-order chi connectivity index (χ1) is 16.3. The molecule has 2 aromatic rings. The second-order valence-corrected chi connectivity index (χ2v) is 7.55. The minimum absolute atomic E-state index is 0.0483. The largest absolute Gasteiger partial charge is 0.462 e. The number of ether oxygens (including phenoxy) is 2. The van der Waals surface area contributed by atoms with E-state index in [0.29, 0.717) is 30.0 Å². The minimum atomic E-state index is -0.760. The fourth-order valence-corrected chi connectivity index (χ4v) is 3.29. The maximum Gasteiger partial charge on any atom is 0.338 e. The van der Waals surface area contributed by atoms with E-state index in [1.807, 2.05) is 6.92 Å². The summed E-state index contributed by atoms with van der Waals surface area (Å²) < 4.78 is 10.1. The van der Waals surface area contributed by atoms with Gasteiger partial charge in [0, 0.05) is 36.5 Å². The molecule has 0 radical (unpaired) electrons. The highest BCUT2D eigenvalue weighted by molar-refractivity contribution is 6.00. The Kier molecular flexibility index (Phi) is 7.91. The van der Waals surface area contributed by atoms with E-state index in [1.54, 1.807) is 0 Å². The minimum Gasteiger partial charge on any atom is -0.462 e. The molecule has 1 atom stereocenters. The standard InChI is InChI=1S/C23H23N3O8/c1-2-11-33-22(29)15-3-5-17(6-4-15)24-20(27)14-34-23(30)16-12-21(28)25(13-16)18-7-9-19(10-8-18)26(31)32/h3-10,16H,2,11-14H2,1H3,(H,24,27)/t16-/m1/s1. The van der Waals surface area contributed by atoms with Crippen LogP contribution in [0.15, 0.2) is 48.5 Å². The van der Waals surface area contributed by atoms with Crippen molar-refractivity contribution >= 4 is 40.8 Å². The molecule has 0 aromatic heterocycles. The lowest BCUT2D eigenvalue weighted by atomic mass is 10.1. The van der Waals surface area contributed by atoms with Crippen molar-refractivity contribution in [2.75, 3.05) is 30.0 Å². The van der Waals surface area contributed by atoms with Crippen molar-refractivity contribution in [2.45, 2.75) is 19.8 Å². The average molecular weight is 469 g/mol. The predicted molar refractivity (Wildman–Crippen MR) is 120 cm³/mol. The molecule has 0 unspecified atom stereocenters. The highest BCUT2D eigenvalue weighted by Crippen LogP contribution is 2.27. The van der Waals surface area contributed by atoms with E-state index in [2.05, 4.69) is 5.32 Å². The molecule has 11 nitrogen and oxygen atoms in total. The molecule has 0 saturated carbocycles. The third-order valence-electron chi connectivity index (χ3n) is 5.02. The molecule has 2 aromatic carbocycles. The van der Waals surface area contributed by atoms with Crippen LogP contribution in [0.5, 0.6) is 0 Å². The first-order valence-corrected chi connectivity index (χ1v) is 10.6. The van der Waals surface area contributed by atoms with Gasteiger partial charge in [-0.3, -0.25) is 24.5 Å². The van der Waals surface area contributed by atoms with Crippen molar-refractivity contribution in [3.05, 3.63) is 64.2 Å². The summed E-state index contributed by atoms with van der Waals surface area (Å²) >= 11 is 0. The molecule has 1 N–H and O–H groups in total. The molecule has 0 aliphatic carbocycles. The number of carbonyl (C=O) groups is 4. The molecular formula is C23H23N3O8. The van der Waals surface area contributed by atoms with Crippen LogP contribution < -0.4 is 10.2 Å². The number of nitro benzene ring substituents is 1. The summed E-state index contributed by atoms with van der Waals surface area (Å²) in [5.41, 5.74) is 1.09. The maximum atomic E-state index is 12.4. The van der Waals surface area contributed by atoms with Crippen LogP contribution in [0.2, 0.25) is 0 Å². The van der Waals surface area contributed by atoms with Gasteiger partial charge in [0.25, 0.3) is 11.6 Å². The van der Waals surface area contributed by atoms with Gasteiger partial charge < -0.3 is 19.7 Å². The second-order valence-electron chi connectivity index (χ2n) is 7.55. The fraction of sp³-hybridized carbons (Fsp3) is 0.304. The van der Waals surface area contributed by atoms with Gasteiger partial charge in [-0.15, -0.1) is 0 Å². The van der Waals surface area contributed by atoms with E-state index in [-0.39, 0.29) is 24.6 Å². The Morgan fingerprint density at radius 1 is 1.09 bits per heavy atom.